The zero-order valence-electron chi connectivity index (χ0n) is 12.5. The molecule has 0 bridgehead atoms. The zero-order valence-corrected chi connectivity index (χ0v) is 13.3. The summed E-state index contributed by atoms with van der Waals surface area (Å²) in [6.45, 7) is 6.03. The fourth-order valence-corrected chi connectivity index (χ4v) is 3.63. The van der Waals surface area contributed by atoms with Crippen LogP contribution >= 0.6 is 0 Å². The first-order chi connectivity index (χ1) is 9.83. The van der Waals surface area contributed by atoms with Crippen molar-refractivity contribution < 1.29 is 8.42 Å². The fourth-order valence-electron chi connectivity index (χ4n) is 2.27. The molecule has 2 aromatic carbocycles. The normalized spacial score (nSPS) is 11.4. The molecule has 0 aromatic heterocycles. The van der Waals surface area contributed by atoms with E-state index >= 15 is 0 Å². The highest BCUT2D eigenvalue weighted by atomic mass is 32.2. The number of anilines is 1. The Balaban J connectivity index is 2.38. The van der Waals surface area contributed by atoms with Crippen molar-refractivity contribution in [3.63, 3.8) is 0 Å². The molecule has 2 aromatic rings. The summed E-state index contributed by atoms with van der Waals surface area (Å²) in [6, 6.07) is 10.8. The smallest absolute Gasteiger partial charge is 0.262 e. The van der Waals surface area contributed by atoms with E-state index in [-0.39, 0.29) is 4.90 Å². The number of nitrogens with two attached hydrogens (primary N) is 1. The highest BCUT2D eigenvalue weighted by Crippen LogP contribution is 2.23. The van der Waals surface area contributed by atoms with Gasteiger partial charge in [-0.1, -0.05) is 29.8 Å². The quantitative estimate of drug-likeness (QED) is 0.912. The Morgan fingerprint density at radius 1 is 1.00 bits per heavy atom. The maximum Gasteiger partial charge on any atom is 0.262 e. The Hall–Kier alpha value is -1.85. The van der Waals surface area contributed by atoms with Gasteiger partial charge in [0.15, 0.2) is 0 Å². The second-order valence-corrected chi connectivity index (χ2v) is 6.88. The largest absolute Gasteiger partial charge is 0.326 e. The van der Waals surface area contributed by atoms with Crippen molar-refractivity contribution in [1.82, 2.24) is 0 Å². The van der Waals surface area contributed by atoms with Gasteiger partial charge in [-0.2, -0.15) is 0 Å². The van der Waals surface area contributed by atoms with Gasteiger partial charge in [-0.3, -0.25) is 4.72 Å². The number of nitrogens with one attached hydrogen (secondary N) is 1. The van der Waals surface area contributed by atoms with Crippen molar-refractivity contribution in [3.05, 3.63) is 58.7 Å². The van der Waals surface area contributed by atoms with Crippen LogP contribution in [0.3, 0.4) is 0 Å². The number of rotatable bonds is 4. The van der Waals surface area contributed by atoms with Crippen LogP contribution in [0.2, 0.25) is 0 Å². The minimum atomic E-state index is -3.60. The van der Waals surface area contributed by atoms with Gasteiger partial charge in [0.05, 0.1) is 10.6 Å². The topological polar surface area (TPSA) is 72.2 Å². The van der Waals surface area contributed by atoms with Crippen LogP contribution in [0.5, 0.6) is 0 Å². The van der Waals surface area contributed by atoms with Crippen LogP contribution in [-0.2, 0) is 16.6 Å². The third-order valence-electron chi connectivity index (χ3n) is 3.39. The molecular formula is C16H20N2O2S. The van der Waals surface area contributed by atoms with Gasteiger partial charge >= 0.3 is 0 Å². The first-order valence-corrected chi connectivity index (χ1v) is 8.21. The minimum absolute atomic E-state index is 0.277. The average Bonchev–Trinajstić information content (AvgIpc) is 2.41. The molecule has 0 atom stereocenters. The van der Waals surface area contributed by atoms with Crippen molar-refractivity contribution in [2.45, 2.75) is 32.2 Å². The number of aryl methyl sites for hydroxylation is 3. The Bertz CT molecular complexity index is 768. The van der Waals surface area contributed by atoms with Gasteiger partial charge in [0, 0.05) is 6.54 Å². The first-order valence-electron chi connectivity index (χ1n) is 6.73. The van der Waals surface area contributed by atoms with Gasteiger partial charge in [0.2, 0.25) is 0 Å². The number of benzene rings is 2. The lowest BCUT2D eigenvalue weighted by molar-refractivity contribution is 0.600. The lowest BCUT2D eigenvalue weighted by atomic mass is 10.1. The molecule has 0 fully saturated rings. The van der Waals surface area contributed by atoms with Crippen molar-refractivity contribution in [3.8, 4) is 0 Å². The van der Waals surface area contributed by atoms with Crippen LogP contribution in [0.25, 0.3) is 0 Å². The summed E-state index contributed by atoms with van der Waals surface area (Å²) in [4.78, 5) is 0.277. The maximum absolute atomic E-state index is 12.5. The molecular weight excluding hydrogens is 284 g/mol. The molecule has 21 heavy (non-hydrogen) atoms. The monoisotopic (exact) mass is 304 g/mol. The molecule has 0 amide bonds. The maximum atomic E-state index is 12.5. The van der Waals surface area contributed by atoms with Crippen LogP contribution in [0, 0.1) is 20.8 Å². The predicted octanol–water partition coefficient (Wildman–Crippen LogP) is 2.87. The summed E-state index contributed by atoms with van der Waals surface area (Å²) in [6.07, 6.45) is 0. The van der Waals surface area contributed by atoms with E-state index in [9.17, 15) is 8.42 Å². The van der Waals surface area contributed by atoms with Crippen molar-refractivity contribution >= 4 is 15.7 Å². The Morgan fingerprint density at radius 3 is 2.29 bits per heavy atom. The molecule has 0 radical (unpaired) electrons. The first kappa shape index (κ1) is 15.5. The molecule has 4 nitrogen and oxygen atoms in total. The fraction of sp³-hybridized carbons (Fsp3) is 0.250. The molecule has 0 aliphatic heterocycles. The standard InChI is InChI=1S/C16H20N2O2S/c1-11-4-6-15(12(2)8-11)18-21(19,20)16-7-5-14(10-17)9-13(16)3/h4-9,18H,10,17H2,1-3H3. The molecule has 112 valence electrons. The van der Waals surface area contributed by atoms with Gasteiger partial charge in [-0.25, -0.2) is 8.42 Å². The van der Waals surface area contributed by atoms with Gasteiger partial charge in [0.1, 0.15) is 0 Å². The van der Waals surface area contributed by atoms with Crippen LogP contribution in [0.1, 0.15) is 22.3 Å². The van der Waals surface area contributed by atoms with Gasteiger partial charge < -0.3 is 5.73 Å². The Labute approximate surface area is 126 Å². The minimum Gasteiger partial charge on any atom is -0.326 e. The summed E-state index contributed by atoms with van der Waals surface area (Å²) in [7, 11) is -3.60. The highest BCUT2D eigenvalue weighted by Gasteiger charge is 2.17. The van der Waals surface area contributed by atoms with Gasteiger partial charge in [-0.05, 0) is 49.6 Å². The van der Waals surface area contributed by atoms with E-state index < -0.39 is 10.0 Å². The second kappa shape index (κ2) is 5.87. The van der Waals surface area contributed by atoms with E-state index in [4.69, 9.17) is 5.73 Å². The summed E-state index contributed by atoms with van der Waals surface area (Å²) in [5.74, 6) is 0. The van der Waals surface area contributed by atoms with E-state index in [1.165, 1.54) is 0 Å². The lowest BCUT2D eigenvalue weighted by Crippen LogP contribution is -2.15. The average molecular weight is 304 g/mol. The van der Waals surface area contributed by atoms with Crippen LogP contribution < -0.4 is 10.5 Å². The SMILES string of the molecule is Cc1ccc(NS(=O)(=O)c2ccc(CN)cc2C)c(C)c1. The molecule has 0 heterocycles. The van der Waals surface area contributed by atoms with E-state index in [0.29, 0.717) is 17.8 Å². The van der Waals surface area contributed by atoms with E-state index in [1.807, 2.05) is 26.0 Å². The van der Waals surface area contributed by atoms with Gasteiger partial charge in [0.25, 0.3) is 10.0 Å². The molecule has 0 saturated carbocycles. The van der Waals surface area contributed by atoms with E-state index in [0.717, 1.165) is 16.7 Å². The second-order valence-electron chi connectivity index (χ2n) is 5.23. The zero-order chi connectivity index (χ0) is 15.6. The number of sulfonamides is 1. The molecule has 0 saturated heterocycles. The molecule has 3 N–H and O–H groups in total. The molecule has 2 rings (SSSR count). The van der Waals surface area contributed by atoms with Crippen molar-refractivity contribution in [2.24, 2.45) is 5.73 Å². The van der Waals surface area contributed by atoms with Crippen LogP contribution in [0.4, 0.5) is 5.69 Å². The molecule has 0 spiro atoms. The third kappa shape index (κ3) is 3.43. The van der Waals surface area contributed by atoms with Crippen LogP contribution in [-0.4, -0.2) is 8.42 Å². The Morgan fingerprint density at radius 2 is 1.71 bits per heavy atom. The predicted molar refractivity (Wildman–Crippen MR) is 85.8 cm³/mol. The van der Waals surface area contributed by atoms with E-state index in [2.05, 4.69) is 4.72 Å². The summed E-state index contributed by atoms with van der Waals surface area (Å²) < 4.78 is 27.7. The van der Waals surface area contributed by atoms with Crippen molar-refractivity contribution in [1.29, 1.82) is 0 Å². The molecule has 0 aliphatic rings. The number of hydrogen-bond donors (Lipinski definition) is 2. The Kier molecular flexibility index (Phi) is 4.34. The number of hydrogen-bond acceptors (Lipinski definition) is 3. The van der Waals surface area contributed by atoms with Crippen LogP contribution in [0.15, 0.2) is 41.3 Å². The van der Waals surface area contributed by atoms with Gasteiger partial charge in [-0.15, -0.1) is 0 Å². The third-order valence-corrected chi connectivity index (χ3v) is 4.92. The highest BCUT2D eigenvalue weighted by molar-refractivity contribution is 7.92. The summed E-state index contributed by atoms with van der Waals surface area (Å²) in [5.41, 5.74) is 9.77. The summed E-state index contributed by atoms with van der Waals surface area (Å²) in [5, 5.41) is 0. The molecule has 0 unspecified atom stereocenters. The lowest BCUT2D eigenvalue weighted by Gasteiger charge is -2.13. The van der Waals surface area contributed by atoms with Crippen molar-refractivity contribution in [2.75, 3.05) is 4.72 Å². The molecule has 0 aliphatic carbocycles. The molecule has 5 heteroatoms. The van der Waals surface area contributed by atoms with E-state index in [1.54, 1.807) is 31.2 Å². The summed E-state index contributed by atoms with van der Waals surface area (Å²) >= 11 is 0.